The first-order valence-corrected chi connectivity index (χ1v) is 11.1. The number of halogens is 3. The van der Waals surface area contributed by atoms with Crippen LogP contribution in [0.4, 0.5) is 13.2 Å². The fourth-order valence-corrected chi connectivity index (χ4v) is 4.33. The number of aromatic nitrogens is 1. The summed E-state index contributed by atoms with van der Waals surface area (Å²) in [6, 6.07) is 15.1. The molecule has 2 aliphatic heterocycles. The molecular formula is C26H21F3N2O4. The Balaban J connectivity index is 1.24. The number of fused-ring (bicyclic) bond motifs is 1. The van der Waals surface area contributed by atoms with Crippen molar-refractivity contribution in [1.29, 1.82) is 0 Å². The molecule has 0 bridgehead atoms. The Morgan fingerprint density at radius 3 is 2.34 bits per heavy atom. The summed E-state index contributed by atoms with van der Waals surface area (Å²) in [7, 11) is 0. The minimum Gasteiger partial charge on any atom is -0.462 e. The van der Waals surface area contributed by atoms with Crippen molar-refractivity contribution >= 4 is 12.2 Å². The van der Waals surface area contributed by atoms with Crippen molar-refractivity contribution in [3.8, 4) is 16.9 Å². The van der Waals surface area contributed by atoms with Gasteiger partial charge in [0.05, 0.1) is 12.2 Å². The van der Waals surface area contributed by atoms with Crippen molar-refractivity contribution in [1.82, 2.24) is 9.88 Å². The van der Waals surface area contributed by atoms with Crippen LogP contribution in [0.2, 0.25) is 0 Å². The smallest absolute Gasteiger partial charge is 0.433 e. The molecule has 0 saturated carbocycles. The lowest BCUT2D eigenvalue weighted by Crippen LogP contribution is -2.52. The number of piperidine rings is 1. The molecule has 1 spiro atoms. The van der Waals surface area contributed by atoms with Crippen molar-refractivity contribution in [2.45, 2.75) is 31.4 Å². The van der Waals surface area contributed by atoms with E-state index < -0.39 is 17.7 Å². The van der Waals surface area contributed by atoms with Gasteiger partial charge in [0.25, 0.3) is 5.91 Å². The van der Waals surface area contributed by atoms with Gasteiger partial charge in [0.15, 0.2) is 0 Å². The van der Waals surface area contributed by atoms with E-state index in [1.54, 1.807) is 17.0 Å². The van der Waals surface area contributed by atoms with Gasteiger partial charge in [0.2, 0.25) is 5.79 Å². The summed E-state index contributed by atoms with van der Waals surface area (Å²) in [5, 5.41) is 0. The number of aldehydes is 1. The topological polar surface area (TPSA) is 68.7 Å². The summed E-state index contributed by atoms with van der Waals surface area (Å²) in [6.07, 6.45) is -1.92. The van der Waals surface area contributed by atoms with Crippen LogP contribution in [0.25, 0.3) is 11.1 Å². The Labute approximate surface area is 199 Å². The molecule has 5 rings (SSSR count). The molecule has 3 heterocycles. The highest BCUT2D eigenvalue weighted by Gasteiger charge is 2.42. The predicted octanol–water partition coefficient (Wildman–Crippen LogP) is 5.12. The SMILES string of the molecule is O=Cc1ccc(-c2ccc3c(c2)COC2(CCN(C(=O)c4ccc(C(F)(F)F)nc4)CC2)O3)cc1. The van der Waals surface area contributed by atoms with E-state index in [-0.39, 0.29) is 11.5 Å². The molecule has 0 unspecified atom stereocenters. The van der Waals surface area contributed by atoms with Gasteiger partial charge in [-0.05, 0) is 35.4 Å². The summed E-state index contributed by atoms with van der Waals surface area (Å²) < 4.78 is 50.5. The number of likely N-dealkylation sites (tertiary alicyclic amines) is 1. The largest absolute Gasteiger partial charge is 0.462 e. The second-order valence-corrected chi connectivity index (χ2v) is 8.59. The first-order chi connectivity index (χ1) is 16.8. The summed E-state index contributed by atoms with van der Waals surface area (Å²) in [5.41, 5.74) is 2.55. The lowest BCUT2D eigenvalue weighted by Gasteiger charge is -2.44. The Morgan fingerprint density at radius 1 is 1.00 bits per heavy atom. The number of amides is 1. The van der Waals surface area contributed by atoms with Gasteiger partial charge < -0.3 is 14.4 Å². The van der Waals surface area contributed by atoms with Crippen LogP contribution in [-0.2, 0) is 17.5 Å². The molecule has 1 saturated heterocycles. The fraction of sp³-hybridized carbons (Fsp3) is 0.269. The molecule has 9 heteroatoms. The van der Waals surface area contributed by atoms with Crippen LogP contribution in [-0.4, -0.2) is 41.0 Å². The zero-order valence-electron chi connectivity index (χ0n) is 18.5. The van der Waals surface area contributed by atoms with E-state index in [0.29, 0.717) is 38.1 Å². The Kier molecular flexibility index (Phi) is 5.80. The van der Waals surface area contributed by atoms with E-state index in [2.05, 4.69) is 4.98 Å². The minimum absolute atomic E-state index is 0.110. The molecule has 6 nitrogen and oxygen atoms in total. The van der Waals surface area contributed by atoms with Gasteiger partial charge in [0.1, 0.15) is 17.7 Å². The lowest BCUT2D eigenvalue weighted by atomic mass is 9.98. The number of rotatable bonds is 3. The second kappa shape index (κ2) is 8.81. The number of pyridine rings is 1. The number of hydrogen-bond donors (Lipinski definition) is 0. The van der Waals surface area contributed by atoms with Gasteiger partial charge in [-0.25, -0.2) is 0 Å². The summed E-state index contributed by atoms with van der Waals surface area (Å²) >= 11 is 0. The molecule has 35 heavy (non-hydrogen) atoms. The zero-order chi connectivity index (χ0) is 24.6. The maximum atomic E-state index is 12.7. The fourth-order valence-electron chi connectivity index (χ4n) is 4.33. The van der Waals surface area contributed by atoms with E-state index in [1.807, 2.05) is 30.3 Å². The van der Waals surface area contributed by atoms with E-state index in [0.717, 1.165) is 47.1 Å². The van der Waals surface area contributed by atoms with Crippen LogP contribution in [0, 0.1) is 0 Å². The molecule has 180 valence electrons. The molecular weight excluding hydrogens is 461 g/mol. The highest BCUT2D eigenvalue weighted by atomic mass is 19.4. The van der Waals surface area contributed by atoms with Crippen LogP contribution >= 0.6 is 0 Å². The van der Waals surface area contributed by atoms with Crippen molar-refractivity contribution in [2.75, 3.05) is 13.1 Å². The van der Waals surface area contributed by atoms with Crippen molar-refractivity contribution in [2.24, 2.45) is 0 Å². The zero-order valence-corrected chi connectivity index (χ0v) is 18.5. The Bertz CT molecular complexity index is 1250. The summed E-state index contributed by atoms with van der Waals surface area (Å²) in [4.78, 5) is 28.6. The number of hydrogen-bond acceptors (Lipinski definition) is 5. The third kappa shape index (κ3) is 4.64. The molecule has 2 aromatic carbocycles. The monoisotopic (exact) mass is 482 g/mol. The molecule has 0 atom stereocenters. The minimum atomic E-state index is -4.55. The Morgan fingerprint density at radius 2 is 1.71 bits per heavy atom. The van der Waals surface area contributed by atoms with Gasteiger partial charge in [-0.3, -0.25) is 14.6 Å². The van der Waals surface area contributed by atoms with E-state index in [4.69, 9.17) is 9.47 Å². The average Bonchev–Trinajstić information content (AvgIpc) is 2.88. The average molecular weight is 482 g/mol. The summed E-state index contributed by atoms with van der Waals surface area (Å²) in [5.74, 6) is -0.506. The Hall–Kier alpha value is -3.72. The van der Waals surface area contributed by atoms with E-state index in [1.165, 1.54) is 0 Å². The number of nitrogens with zero attached hydrogens (tertiary/aromatic N) is 2. The third-order valence-corrected chi connectivity index (χ3v) is 6.34. The molecule has 0 radical (unpaired) electrons. The lowest BCUT2D eigenvalue weighted by molar-refractivity contribution is -0.225. The van der Waals surface area contributed by atoms with Gasteiger partial charge in [0, 0.05) is 43.3 Å². The first kappa shape index (κ1) is 23.0. The molecule has 0 N–H and O–H groups in total. The third-order valence-electron chi connectivity index (χ3n) is 6.34. The van der Waals surface area contributed by atoms with Crippen LogP contribution in [0.1, 0.15) is 44.8 Å². The molecule has 1 aromatic heterocycles. The number of alkyl halides is 3. The number of carbonyl (C=O) groups is 2. The molecule has 1 fully saturated rings. The van der Waals surface area contributed by atoms with Gasteiger partial charge in [-0.2, -0.15) is 13.2 Å². The van der Waals surface area contributed by atoms with Gasteiger partial charge >= 0.3 is 6.18 Å². The normalized spacial score (nSPS) is 16.9. The van der Waals surface area contributed by atoms with Crippen molar-refractivity contribution < 1.29 is 32.2 Å². The molecule has 3 aromatic rings. The predicted molar refractivity (Wildman–Crippen MR) is 120 cm³/mol. The van der Waals surface area contributed by atoms with Crippen LogP contribution in [0.15, 0.2) is 60.8 Å². The molecule has 1 amide bonds. The molecule has 0 aliphatic carbocycles. The van der Waals surface area contributed by atoms with Crippen LogP contribution in [0.3, 0.4) is 0 Å². The highest BCUT2D eigenvalue weighted by molar-refractivity contribution is 5.94. The number of carbonyl (C=O) groups excluding carboxylic acids is 2. The van der Waals surface area contributed by atoms with E-state index >= 15 is 0 Å². The number of ether oxygens (including phenoxy) is 2. The maximum Gasteiger partial charge on any atom is 0.433 e. The maximum absolute atomic E-state index is 12.7. The quantitative estimate of drug-likeness (QED) is 0.485. The van der Waals surface area contributed by atoms with Crippen molar-refractivity contribution in [3.63, 3.8) is 0 Å². The summed E-state index contributed by atoms with van der Waals surface area (Å²) in [6.45, 7) is 1.04. The second-order valence-electron chi connectivity index (χ2n) is 8.59. The van der Waals surface area contributed by atoms with Gasteiger partial charge in [-0.1, -0.05) is 30.3 Å². The van der Waals surface area contributed by atoms with Gasteiger partial charge in [-0.15, -0.1) is 0 Å². The van der Waals surface area contributed by atoms with E-state index in [9.17, 15) is 22.8 Å². The first-order valence-electron chi connectivity index (χ1n) is 11.1. The van der Waals surface area contributed by atoms with Crippen LogP contribution in [0.5, 0.6) is 5.75 Å². The standard InChI is InChI=1S/C26H21F3N2O4/c27-26(28,29)23-8-6-20(14-30-23)24(33)31-11-9-25(10-12-31)34-16-21-13-19(5-7-22(21)35-25)18-3-1-17(15-32)2-4-18/h1-8,13-15H,9-12,16H2. The van der Waals surface area contributed by atoms with Crippen molar-refractivity contribution in [3.05, 3.63) is 83.2 Å². The van der Waals surface area contributed by atoms with Crippen LogP contribution < -0.4 is 4.74 Å². The molecule has 2 aliphatic rings. The number of benzene rings is 2. The highest BCUT2D eigenvalue weighted by Crippen LogP contribution is 2.39.